The van der Waals surface area contributed by atoms with Crippen molar-refractivity contribution in [1.82, 2.24) is 10.2 Å². The lowest BCUT2D eigenvalue weighted by molar-refractivity contribution is -0.117. The third-order valence-corrected chi connectivity index (χ3v) is 8.43. The number of likely N-dealkylation sites (tertiary alicyclic amines) is 1. The van der Waals surface area contributed by atoms with Crippen LogP contribution in [0.1, 0.15) is 53.6 Å². The number of hydrogen-bond acceptors (Lipinski definition) is 4. The van der Waals surface area contributed by atoms with Crippen LogP contribution in [0, 0.1) is 17.7 Å². The van der Waals surface area contributed by atoms with E-state index >= 15 is 0 Å². The maximum absolute atomic E-state index is 14.4. The van der Waals surface area contributed by atoms with Crippen LogP contribution >= 0.6 is 0 Å². The second-order valence-corrected chi connectivity index (χ2v) is 11.0. The number of carbonyl (C=O) groups is 2. The number of carbonyl (C=O) groups excluding carboxylic acids is 2. The molecule has 0 bridgehead atoms. The molecule has 3 aromatic rings. The number of halogens is 1. The third kappa shape index (κ3) is 5.65. The van der Waals surface area contributed by atoms with E-state index in [4.69, 9.17) is 4.74 Å². The highest BCUT2D eigenvalue weighted by atomic mass is 19.1. The molecule has 1 N–H and O–H groups in total. The van der Waals surface area contributed by atoms with Gasteiger partial charge in [-0.05, 0) is 66.6 Å². The molecular weight excluding hydrogens is 505 g/mol. The van der Waals surface area contributed by atoms with Gasteiger partial charge in [-0.2, -0.15) is 0 Å². The minimum Gasteiger partial charge on any atom is -0.449 e. The summed E-state index contributed by atoms with van der Waals surface area (Å²) >= 11 is 0. The van der Waals surface area contributed by atoms with Crippen LogP contribution in [0.25, 0.3) is 6.08 Å². The van der Waals surface area contributed by atoms with Gasteiger partial charge in [-0.15, -0.1) is 0 Å². The summed E-state index contributed by atoms with van der Waals surface area (Å²) in [6.45, 7) is 2.76. The number of anilines is 1. The van der Waals surface area contributed by atoms with Crippen molar-refractivity contribution in [2.24, 2.45) is 11.8 Å². The molecule has 3 aliphatic rings. The van der Waals surface area contributed by atoms with Crippen molar-refractivity contribution in [2.75, 3.05) is 24.7 Å². The fourth-order valence-corrected chi connectivity index (χ4v) is 6.20. The number of hydrogen-bond donors (Lipinski definition) is 1. The maximum Gasteiger partial charge on any atom is 0.294 e. The Hall–Kier alpha value is -3.97. The quantitative estimate of drug-likeness (QED) is 0.391. The number of para-hydroxylation sites is 2. The molecule has 40 heavy (non-hydrogen) atoms. The van der Waals surface area contributed by atoms with Crippen LogP contribution < -0.4 is 15.0 Å². The summed E-state index contributed by atoms with van der Waals surface area (Å²) in [4.78, 5) is 30.2. The summed E-state index contributed by atoms with van der Waals surface area (Å²) in [5.41, 5.74) is 2.31. The molecule has 0 spiro atoms. The van der Waals surface area contributed by atoms with E-state index in [9.17, 15) is 14.0 Å². The Morgan fingerprint density at radius 2 is 1.70 bits per heavy atom. The Morgan fingerprint density at radius 1 is 0.950 bits per heavy atom. The van der Waals surface area contributed by atoms with Gasteiger partial charge < -0.3 is 10.1 Å². The lowest BCUT2D eigenvalue weighted by atomic mass is 9.75. The van der Waals surface area contributed by atoms with Crippen molar-refractivity contribution in [3.63, 3.8) is 0 Å². The molecule has 0 radical (unpaired) electrons. The molecule has 1 aliphatic carbocycles. The zero-order valence-electron chi connectivity index (χ0n) is 22.5. The molecular formula is C33H34FN3O3. The van der Waals surface area contributed by atoms with Gasteiger partial charge in [0.25, 0.3) is 11.8 Å². The summed E-state index contributed by atoms with van der Waals surface area (Å²) < 4.78 is 20.4. The van der Waals surface area contributed by atoms with Crippen molar-refractivity contribution in [3.05, 3.63) is 101 Å². The fraction of sp³-hybridized carbons (Fsp3) is 0.333. The highest BCUT2D eigenvalue weighted by Crippen LogP contribution is 2.37. The largest absolute Gasteiger partial charge is 0.449 e. The van der Waals surface area contributed by atoms with Crippen molar-refractivity contribution >= 4 is 23.6 Å². The average Bonchev–Trinajstić information content (AvgIpc) is 2.99. The van der Waals surface area contributed by atoms with E-state index in [0.29, 0.717) is 29.2 Å². The molecule has 2 amide bonds. The summed E-state index contributed by atoms with van der Waals surface area (Å²) in [5, 5.41) is 3.07. The van der Waals surface area contributed by atoms with E-state index in [0.717, 1.165) is 30.5 Å². The molecule has 2 fully saturated rings. The SMILES string of the molecule is O=C(NCN1CCC2CCCCC2C1)c1ccc(C=C2Oc3ccccc3N(Cc3ccccc3F)C2=O)cc1. The Bertz CT molecular complexity index is 1420. The Balaban J connectivity index is 1.12. The number of rotatable bonds is 6. The van der Waals surface area contributed by atoms with Gasteiger partial charge in [0.05, 0.1) is 18.9 Å². The summed E-state index contributed by atoms with van der Waals surface area (Å²) in [6.07, 6.45) is 8.25. The number of benzene rings is 3. The molecule has 6 rings (SSSR count). The average molecular weight is 540 g/mol. The molecule has 7 heteroatoms. The second kappa shape index (κ2) is 11.6. The first-order valence-electron chi connectivity index (χ1n) is 14.2. The van der Waals surface area contributed by atoms with Crippen LogP contribution in [0.5, 0.6) is 5.75 Å². The van der Waals surface area contributed by atoms with E-state index in [2.05, 4.69) is 10.2 Å². The number of piperidine rings is 1. The lowest BCUT2D eigenvalue weighted by Crippen LogP contribution is -2.46. The van der Waals surface area contributed by atoms with Crippen LogP contribution in [-0.4, -0.2) is 36.5 Å². The molecule has 0 aromatic heterocycles. The fourth-order valence-electron chi connectivity index (χ4n) is 6.20. The van der Waals surface area contributed by atoms with Gasteiger partial charge in [0.1, 0.15) is 5.82 Å². The Labute approximate surface area is 234 Å². The molecule has 206 valence electrons. The topological polar surface area (TPSA) is 61.9 Å². The highest BCUT2D eigenvalue weighted by molar-refractivity contribution is 6.09. The number of fused-ring (bicyclic) bond motifs is 2. The third-order valence-electron chi connectivity index (χ3n) is 8.43. The predicted octanol–water partition coefficient (Wildman–Crippen LogP) is 5.99. The molecule has 3 aromatic carbocycles. The van der Waals surface area contributed by atoms with E-state index in [1.165, 1.54) is 43.1 Å². The normalized spacial score (nSPS) is 21.9. The highest BCUT2D eigenvalue weighted by Gasteiger charge is 2.32. The molecule has 6 nitrogen and oxygen atoms in total. The first-order valence-corrected chi connectivity index (χ1v) is 14.2. The van der Waals surface area contributed by atoms with Gasteiger partial charge in [-0.3, -0.25) is 19.4 Å². The zero-order valence-corrected chi connectivity index (χ0v) is 22.5. The first kappa shape index (κ1) is 26.3. The molecule has 1 saturated carbocycles. The van der Waals surface area contributed by atoms with Gasteiger partial charge in [-0.25, -0.2) is 4.39 Å². The lowest BCUT2D eigenvalue weighted by Gasteiger charge is -2.41. The smallest absolute Gasteiger partial charge is 0.294 e. The van der Waals surface area contributed by atoms with Gasteiger partial charge >= 0.3 is 0 Å². The zero-order chi connectivity index (χ0) is 27.5. The number of nitrogens with zero attached hydrogens (tertiary/aromatic N) is 2. The van der Waals surface area contributed by atoms with Crippen molar-refractivity contribution < 1.29 is 18.7 Å². The Kier molecular flexibility index (Phi) is 7.64. The number of nitrogens with one attached hydrogen (secondary N) is 1. The maximum atomic E-state index is 14.4. The van der Waals surface area contributed by atoms with Crippen LogP contribution in [0.3, 0.4) is 0 Å². The van der Waals surface area contributed by atoms with E-state index < -0.39 is 0 Å². The van der Waals surface area contributed by atoms with Gasteiger partial charge in [0.2, 0.25) is 0 Å². The van der Waals surface area contributed by atoms with Crippen molar-refractivity contribution in [2.45, 2.75) is 38.6 Å². The minimum atomic E-state index is -0.364. The second-order valence-electron chi connectivity index (χ2n) is 11.0. The molecule has 2 atom stereocenters. The summed E-state index contributed by atoms with van der Waals surface area (Å²) in [6, 6.07) is 20.8. The summed E-state index contributed by atoms with van der Waals surface area (Å²) in [7, 11) is 0. The standard InChI is InChI=1S/C33H34FN3O3/c34-28-10-4-3-9-27(28)21-37-29-11-5-6-12-30(29)40-31(33(37)39)19-23-13-15-25(16-14-23)32(38)35-22-36-18-17-24-7-1-2-8-26(24)20-36/h3-6,9-16,19,24,26H,1-2,7-8,17-18,20-22H2,(H,35,38). The minimum absolute atomic E-state index is 0.0841. The van der Waals surface area contributed by atoms with Crippen LogP contribution in [0.15, 0.2) is 78.6 Å². The van der Waals surface area contributed by atoms with E-state index in [1.54, 1.807) is 60.7 Å². The monoisotopic (exact) mass is 539 g/mol. The molecule has 2 unspecified atom stereocenters. The predicted molar refractivity (Wildman–Crippen MR) is 153 cm³/mol. The molecule has 2 aliphatic heterocycles. The number of amides is 2. The van der Waals surface area contributed by atoms with Gasteiger partial charge in [0, 0.05) is 24.2 Å². The summed E-state index contributed by atoms with van der Waals surface area (Å²) in [5.74, 6) is 1.47. The van der Waals surface area contributed by atoms with Gasteiger partial charge in [0.15, 0.2) is 11.5 Å². The van der Waals surface area contributed by atoms with Crippen molar-refractivity contribution in [3.8, 4) is 5.75 Å². The molecule has 1 saturated heterocycles. The van der Waals surface area contributed by atoms with Crippen LogP contribution in [0.4, 0.5) is 10.1 Å². The van der Waals surface area contributed by atoms with Gasteiger partial charge in [-0.1, -0.05) is 61.7 Å². The number of ether oxygens (including phenoxy) is 1. The Morgan fingerprint density at radius 3 is 2.52 bits per heavy atom. The molecule has 2 heterocycles. The van der Waals surface area contributed by atoms with E-state index in [-0.39, 0.29) is 29.9 Å². The van der Waals surface area contributed by atoms with Crippen LogP contribution in [0.2, 0.25) is 0 Å². The van der Waals surface area contributed by atoms with Crippen LogP contribution in [-0.2, 0) is 11.3 Å². The van der Waals surface area contributed by atoms with Crippen molar-refractivity contribution in [1.29, 1.82) is 0 Å². The van der Waals surface area contributed by atoms with E-state index in [1.807, 2.05) is 12.1 Å². The first-order chi connectivity index (χ1) is 19.5.